The lowest BCUT2D eigenvalue weighted by Crippen LogP contribution is -2.24. The molecule has 20 heavy (non-hydrogen) atoms. The third-order valence-electron chi connectivity index (χ3n) is 3.35. The van der Waals surface area contributed by atoms with Gasteiger partial charge in [0.1, 0.15) is 0 Å². The maximum Gasteiger partial charge on any atom is 0.281 e. The van der Waals surface area contributed by atoms with E-state index >= 15 is 0 Å². The van der Waals surface area contributed by atoms with Gasteiger partial charge in [0.25, 0.3) is 5.56 Å². The van der Waals surface area contributed by atoms with Crippen LogP contribution in [0.2, 0.25) is 0 Å². The number of fused-ring (bicyclic) bond motifs is 1. The highest BCUT2D eigenvalue weighted by molar-refractivity contribution is 7.21. The Morgan fingerprint density at radius 3 is 2.90 bits per heavy atom. The second kappa shape index (κ2) is 5.59. The van der Waals surface area contributed by atoms with E-state index in [1.165, 1.54) is 0 Å². The molecule has 0 aliphatic heterocycles. The molecule has 0 spiro atoms. The van der Waals surface area contributed by atoms with Gasteiger partial charge in [-0.25, -0.2) is 0 Å². The van der Waals surface area contributed by atoms with Crippen LogP contribution in [-0.4, -0.2) is 11.5 Å². The first-order chi connectivity index (χ1) is 9.79. The van der Waals surface area contributed by atoms with Crippen LogP contribution in [0.25, 0.3) is 10.1 Å². The minimum absolute atomic E-state index is 0.145. The summed E-state index contributed by atoms with van der Waals surface area (Å²) in [4.78, 5) is 18.5. The fraction of sp³-hybridized carbons (Fsp3) is 0.250. The number of hydrogen-bond donors (Lipinski definition) is 0. The van der Waals surface area contributed by atoms with Gasteiger partial charge >= 0.3 is 0 Å². The lowest BCUT2D eigenvalue weighted by Gasteiger charge is -2.23. The first-order valence-corrected chi connectivity index (χ1v) is 7.65. The summed E-state index contributed by atoms with van der Waals surface area (Å²) in [7, 11) is 0. The van der Waals surface area contributed by atoms with Crippen LogP contribution in [0.4, 0.5) is 5.13 Å². The predicted octanol–water partition coefficient (Wildman–Crippen LogP) is 3.72. The maximum atomic E-state index is 12.1. The molecule has 0 bridgehead atoms. The fourth-order valence-corrected chi connectivity index (χ4v) is 3.43. The van der Waals surface area contributed by atoms with Gasteiger partial charge in [0.15, 0.2) is 5.13 Å². The lowest BCUT2D eigenvalue weighted by atomic mass is 10.1. The molecule has 1 heterocycles. The monoisotopic (exact) mass is 284 g/mol. The van der Waals surface area contributed by atoms with Crippen molar-refractivity contribution in [2.45, 2.75) is 19.8 Å². The number of aromatic nitrogens is 1. The van der Waals surface area contributed by atoms with E-state index in [1.807, 2.05) is 24.3 Å². The summed E-state index contributed by atoms with van der Waals surface area (Å²) in [6.07, 6.45) is 8.62. The molecule has 0 saturated heterocycles. The number of benzene rings is 1. The Bertz CT molecular complexity index is 745. The normalized spacial score (nSPS) is 14.3. The van der Waals surface area contributed by atoms with Crippen molar-refractivity contribution in [3.05, 3.63) is 58.5 Å². The maximum absolute atomic E-state index is 12.1. The third-order valence-corrected chi connectivity index (χ3v) is 4.42. The third kappa shape index (κ3) is 2.39. The molecule has 0 unspecified atom stereocenters. The number of hydrogen-bond acceptors (Lipinski definition) is 4. The van der Waals surface area contributed by atoms with E-state index in [4.69, 9.17) is 0 Å². The molecule has 1 aliphatic carbocycles. The summed E-state index contributed by atoms with van der Waals surface area (Å²) in [6.45, 7) is 2.88. The van der Waals surface area contributed by atoms with Gasteiger partial charge in [-0.1, -0.05) is 35.6 Å². The van der Waals surface area contributed by atoms with Crippen molar-refractivity contribution in [3.8, 4) is 0 Å². The largest absolute Gasteiger partial charge is 0.318 e. The van der Waals surface area contributed by atoms with Crippen LogP contribution in [0.15, 0.2) is 53.0 Å². The molecule has 0 atom stereocenters. The summed E-state index contributed by atoms with van der Waals surface area (Å²) in [5, 5.41) is 1.47. The van der Waals surface area contributed by atoms with Crippen LogP contribution in [0, 0.1) is 0 Å². The Balaban J connectivity index is 2.10. The van der Waals surface area contributed by atoms with Gasteiger partial charge in [-0.3, -0.25) is 4.79 Å². The summed E-state index contributed by atoms with van der Waals surface area (Å²) in [5.41, 5.74) is 0.991. The van der Waals surface area contributed by atoms with Crippen LogP contribution in [0.3, 0.4) is 0 Å². The molecule has 1 aromatic carbocycles. The average Bonchev–Trinajstić information content (AvgIpc) is 2.49. The predicted molar refractivity (Wildman–Crippen MR) is 85.4 cm³/mol. The smallest absolute Gasteiger partial charge is 0.281 e. The molecule has 0 saturated carbocycles. The van der Waals surface area contributed by atoms with Crippen LogP contribution in [0.1, 0.15) is 19.8 Å². The minimum atomic E-state index is -0.145. The Morgan fingerprint density at radius 2 is 2.15 bits per heavy atom. The van der Waals surface area contributed by atoms with Crippen molar-refractivity contribution in [2.75, 3.05) is 11.4 Å². The van der Waals surface area contributed by atoms with Crippen LogP contribution >= 0.6 is 11.3 Å². The van der Waals surface area contributed by atoms with Gasteiger partial charge in [0.05, 0.1) is 5.39 Å². The highest BCUT2D eigenvalue weighted by Gasteiger charge is 2.14. The number of rotatable bonds is 3. The van der Waals surface area contributed by atoms with Crippen molar-refractivity contribution in [3.63, 3.8) is 0 Å². The lowest BCUT2D eigenvalue weighted by molar-refractivity contribution is 0.919. The van der Waals surface area contributed by atoms with Crippen LogP contribution < -0.4 is 10.5 Å². The summed E-state index contributed by atoms with van der Waals surface area (Å²) < 4.78 is 0.987. The summed E-state index contributed by atoms with van der Waals surface area (Å²) in [6, 6.07) is 7.65. The Labute approximate surface area is 121 Å². The Morgan fingerprint density at radius 1 is 1.30 bits per heavy atom. The van der Waals surface area contributed by atoms with Crippen molar-refractivity contribution in [1.82, 2.24) is 4.98 Å². The first kappa shape index (κ1) is 13.1. The SMILES string of the molecule is CCN(C1=CCCC=C1)c1nc(=O)c2ccccc2s1. The number of allylic oxidation sites excluding steroid dienone is 3. The van der Waals surface area contributed by atoms with E-state index < -0.39 is 0 Å². The molecule has 1 aromatic heterocycles. The fourth-order valence-electron chi connectivity index (χ4n) is 2.34. The molecule has 0 fully saturated rings. The average molecular weight is 284 g/mol. The molecule has 2 aromatic rings. The van der Waals surface area contributed by atoms with Gasteiger partial charge in [-0.05, 0) is 38.0 Å². The zero-order chi connectivity index (χ0) is 13.9. The van der Waals surface area contributed by atoms with E-state index in [-0.39, 0.29) is 5.56 Å². The highest BCUT2D eigenvalue weighted by atomic mass is 32.1. The van der Waals surface area contributed by atoms with E-state index in [0.717, 1.165) is 34.9 Å². The van der Waals surface area contributed by atoms with Gasteiger partial charge in [0, 0.05) is 16.9 Å². The van der Waals surface area contributed by atoms with Gasteiger partial charge in [-0.2, -0.15) is 4.98 Å². The second-order valence-electron chi connectivity index (χ2n) is 4.65. The van der Waals surface area contributed by atoms with Gasteiger partial charge in [-0.15, -0.1) is 0 Å². The molecule has 3 nitrogen and oxygen atoms in total. The minimum Gasteiger partial charge on any atom is -0.318 e. The van der Waals surface area contributed by atoms with Crippen molar-refractivity contribution in [2.24, 2.45) is 0 Å². The summed E-state index contributed by atoms with van der Waals surface area (Å²) in [5.74, 6) is 0. The molecule has 0 radical (unpaired) electrons. The van der Waals surface area contributed by atoms with Gasteiger partial charge in [0.2, 0.25) is 0 Å². The van der Waals surface area contributed by atoms with E-state index in [0.29, 0.717) is 5.39 Å². The second-order valence-corrected chi connectivity index (χ2v) is 5.66. The topological polar surface area (TPSA) is 33.2 Å². The molecule has 4 heteroatoms. The molecule has 102 valence electrons. The first-order valence-electron chi connectivity index (χ1n) is 6.83. The Hall–Kier alpha value is -1.94. The molecule has 0 amide bonds. The van der Waals surface area contributed by atoms with Gasteiger partial charge < -0.3 is 4.90 Å². The number of nitrogens with zero attached hydrogens (tertiary/aromatic N) is 2. The molecule has 3 rings (SSSR count). The van der Waals surface area contributed by atoms with Crippen LogP contribution in [-0.2, 0) is 0 Å². The molecule has 1 aliphatic rings. The Kier molecular flexibility index (Phi) is 3.65. The zero-order valence-electron chi connectivity index (χ0n) is 11.4. The van der Waals surface area contributed by atoms with E-state index in [2.05, 4.69) is 35.0 Å². The van der Waals surface area contributed by atoms with E-state index in [9.17, 15) is 4.79 Å². The zero-order valence-corrected chi connectivity index (χ0v) is 12.2. The van der Waals surface area contributed by atoms with Crippen LogP contribution in [0.5, 0.6) is 0 Å². The quantitative estimate of drug-likeness (QED) is 0.861. The van der Waals surface area contributed by atoms with Crippen molar-refractivity contribution < 1.29 is 0 Å². The number of likely N-dealkylation sites (N-methyl/N-ethyl adjacent to an activating group) is 1. The molecule has 0 N–H and O–H groups in total. The number of anilines is 1. The molecular weight excluding hydrogens is 268 g/mol. The van der Waals surface area contributed by atoms with Crippen molar-refractivity contribution >= 4 is 26.6 Å². The van der Waals surface area contributed by atoms with Crippen molar-refractivity contribution in [1.29, 1.82) is 0 Å². The standard InChI is InChI=1S/C16H16N2OS/c1-2-18(12-8-4-3-5-9-12)16-17-15(19)13-10-6-7-11-14(13)20-16/h4,6-11H,2-3,5H2,1H3. The highest BCUT2D eigenvalue weighted by Crippen LogP contribution is 2.27. The molecular formula is C16H16N2OS. The summed E-state index contributed by atoms with van der Waals surface area (Å²) >= 11 is 1.57. The van der Waals surface area contributed by atoms with E-state index in [1.54, 1.807) is 11.3 Å².